The van der Waals surface area contributed by atoms with Crippen LogP contribution < -0.4 is 5.32 Å². The normalized spacial score (nSPS) is 11.7. The highest BCUT2D eigenvalue weighted by Gasteiger charge is 2.20. The third kappa shape index (κ3) is 4.43. The number of benzene rings is 2. The molecule has 1 atom stereocenters. The van der Waals surface area contributed by atoms with Gasteiger partial charge in [-0.1, -0.05) is 46.3 Å². The number of aliphatic carboxylic acids is 1. The van der Waals surface area contributed by atoms with E-state index in [1.54, 1.807) is 24.3 Å². The Hall–Kier alpha value is -2.14. The van der Waals surface area contributed by atoms with Crippen molar-refractivity contribution in [3.8, 4) is 0 Å². The lowest BCUT2D eigenvalue weighted by Crippen LogP contribution is -2.42. The Bertz CT molecular complexity index is 626. The Labute approximate surface area is 130 Å². The van der Waals surface area contributed by atoms with Crippen LogP contribution in [0, 0.1) is 0 Å². The van der Waals surface area contributed by atoms with Crippen LogP contribution in [0.1, 0.15) is 15.9 Å². The van der Waals surface area contributed by atoms with Crippen molar-refractivity contribution in [3.05, 3.63) is 70.2 Å². The van der Waals surface area contributed by atoms with E-state index in [-0.39, 0.29) is 6.42 Å². The van der Waals surface area contributed by atoms with Crippen molar-refractivity contribution in [2.24, 2.45) is 0 Å². The average Bonchev–Trinajstić information content (AvgIpc) is 2.48. The molecule has 0 bridgehead atoms. The summed E-state index contributed by atoms with van der Waals surface area (Å²) in [5, 5.41) is 11.8. The molecular weight excluding hydrogens is 334 g/mol. The van der Waals surface area contributed by atoms with Crippen LogP contribution in [0.25, 0.3) is 0 Å². The Morgan fingerprint density at radius 2 is 1.67 bits per heavy atom. The molecule has 0 spiro atoms. The van der Waals surface area contributed by atoms with E-state index in [1.165, 1.54) is 0 Å². The molecular formula is C16H14BrNO3. The van der Waals surface area contributed by atoms with Crippen molar-refractivity contribution in [1.82, 2.24) is 5.32 Å². The molecule has 0 aliphatic rings. The number of rotatable bonds is 5. The molecule has 0 unspecified atom stereocenters. The largest absolute Gasteiger partial charge is 0.480 e. The molecule has 5 heteroatoms. The third-order valence-electron chi connectivity index (χ3n) is 2.99. The van der Waals surface area contributed by atoms with E-state index in [0.29, 0.717) is 5.56 Å². The van der Waals surface area contributed by atoms with Crippen molar-refractivity contribution in [3.63, 3.8) is 0 Å². The SMILES string of the molecule is O=C(N[C@H](Cc1ccccc1)C(=O)O)c1ccc(Br)cc1. The van der Waals surface area contributed by atoms with Crippen molar-refractivity contribution in [1.29, 1.82) is 0 Å². The van der Waals surface area contributed by atoms with Gasteiger partial charge < -0.3 is 10.4 Å². The predicted octanol–water partition coefficient (Wildman–Crippen LogP) is 2.87. The Morgan fingerprint density at radius 3 is 2.24 bits per heavy atom. The van der Waals surface area contributed by atoms with Crippen molar-refractivity contribution in [2.75, 3.05) is 0 Å². The standard InChI is InChI=1S/C16H14BrNO3/c17-13-8-6-12(7-9-13)15(19)18-14(16(20)21)10-11-4-2-1-3-5-11/h1-9,14H,10H2,(H,18,19)(H,20,21)/t14-/m1/s1. The molecule has 2 aromatic carbocycles. The maximum absolute atomic E-state index is 12.1. The number of nitrogens with one attached hydrogen (secondary N) is 1. The second-order valence-electron chi connectivity index (χ2n) is 4.56. The summed E-state index contributed by atoms with van der Waals surface area (Å²) < 4.78 is 0.859. The van der Waals surface area contributed by atoms with Crippen LogP contribution in [0.4, 0.5) is 0 Å². The van der Waals surface area contributed by atoms with E-state index < -0.39 is 17.9 Å². The summed E-state index contributed by atoms with van der Waals surface area (Å²) in [6.07, 6.45) is 0.248. The molecule has 2 rings (SSSR count). The van der Waals surface area contributed by atoms with Crippen molar-refractivity contribution in [2.45, 2.75) is 12.5 Å². The first-order valence-electron chi connectivity index (χ1n) is 6.39. The monoisotopic (exact) mass is 347 g/mol. The summed E-state index contributed by atoms with van der Waals surface area (Å²) in [4.78, 5) is 23.4. The van der Waals surface area contributed by atoms with Crippen LogP contribution in [0.2, 0.25) is 0 Å². The van der Waals surface area contributed by atoms with Gasteiger partial charge in [-0.2, -0.15) is 0 Å². The zero-order chi connectivity index (χ0) is 15.2. The molecule has 0 aromatic heterocycles. The molecule has 0 fully saturated rings. The number of hydrogen-bond acceptors (Lipinski definition) is 2. The van der Waals surface area contributed by atoms with Crippen LogP contribution in [-0.4, -0.2) is 23.0 Å². The Morgan fingerprint density at radius 1 is 1.05 bits per heavy atom. The maximum atomic E-state index is 12.1. The van der Waals surface area contributed by atoms with Gasteiger partial charge >= 0.3 is 5.97 Å². The summed E-state index contributed by atoms with van der Waals surface area (Å²) in [6.45, 7) is 0. The van der Waals surface area contributed by atoms with Gasteiger partial charge in [0.2, 0.25) is 0 Å². The number of carboxylic acid groups (broad SMARTS) is 1. The van der Waals surface area contributed by atoms with Gasteiger partial charge in [0.05, 0.1) is 0 Å². The summed E-state index contributed by atoms with van der Waals surface area (Å²) in [5.41, 5.74) is 1.29. The van der Waals surface area contributed by atoms with E-state index in [2.05, 4.69) is 21.2 Å². The zero-order valence-corrected chi connectivity index (χ0v) is 12.7. The number of carbonyl (C=O) groups is 2. The predicted molar refractivity (Wildman–Crippen MR) is 83.2 cm³/mol. The van der Waals surface area contributed by atoms with E-state index in [1.807, 2.05) is 30.3 Å². The number of amides is 1. The molecule has 0 aliphatic heterocycles. The Balaban J connectivity index is 2.07. The topological polar surface area (TPSA) is 66.4 Å². The first-order valence-corrected chi connectivity index (χ1v) is 7.19. The highest BCUT2D eigenvalue weighted by atomic mass is 79.9. The summed E-state index contributed by atoms with van der Waals surface area (Å²) >= 11 is 3.29. The van der Waals surface area contributed by atoms with Crippen molar-refractivity contribution < 1.29 is 14.7 Å². The Kier molecular flexibility index (Phi) is 5.11. The molecule has 0 saturated carbocycles. The second-order valence-corrected chi connectivity index (χ2v) is 5.48. The second kappa shape index (κ2) is 7.04. The van der Waals surface area contributed by atoms with Crippen LogP contribution in [-0.2, 0) is 11.2 Å². The van der Waals surface area contributed by atoms with Gasteiger partial charge in [-0.3, -0.25) is 4.79 Å². The molecule has 2 N–H and O–H groups in total. The fourth-order valence-corrected chi connectivity index (χ4v) is 2.16. The fraction of sp³-hybridized carbons (Fsp3) is 0.125. The van der Waals surface area contributed by atoms with Crippen LogP contribution in [0.5, 0.6) is 0 Å². The lowest BCUT2D eigenvalue weighted by molar-refractivity contribution is -0.139. The quantitative estimate of drug-likeness (QED) is 0.873. The summed E-state index contributed by atoms with van der Waals surface area (Å²) in [5.74, 6) is -1.45. The lowest BCUT2D eigenvalue weighted by Gasteiger charge is -2.14. The van der Waals surface area contributed by atoms with Crippen LogP contribution in [0.15, 0.2) is 59.1 Å². The summed E-state index contributed by atoms with van der Waals surface area (Å²) in [7, 11) is 0. The van der Waals surface area contributed by atoms with Gasteiger partial charge in [0.15, 0.2) is 0 Å². The van der Waals surface area contributed by atoms with Crippen LogP contribution in [0.3, 0.4) is 0 Å². The van der Waals surface area contributed by atoms with Gasteiger partial charge in [-0.05, 0) is 29.8 Å². The lowest BCUT2D eigenvalue weighted by atomic mass is 10.1. The van der Waals surface area contributed by atoms with E-state index in [4.69, 9.17) is 0 Å². The van der Waals surface area contributed by atoms with Gasteiger partial charge in [0, 0.05) is 16.5 Å². The molecule has 0 saturated heterocycles. The van der Waals surface area contributed by atoms with Gasteiger partial charge in [-0.15, -0.1) is 0 Å². The number of hydrogen-bond donors (Lipinski definition) is 2. The highest BCUT2D eigenvalue weighted by molar-refractivity contribution is 9.10. The zero-order valence-electron chi connectivity index (χ0n) is 11.1. The minimum atomic E-state index is -1.05. The van der Waals surface area contributed by atoms with E-state index in [9.17, 15) is 14.7 Å². The van der Waals surface area contributed by atoms with Crippen LogP contribution >= 0.6 is 15.9 Å². The molecule has 0 heterocycles. The molecule has 4 nitrogen and oxygen atoms in total. The summed E-state index contributed by atoms with van der Waals surface area (Å²) in [6, 6.07) is 15.0. The minimum absolute atomic E-state index is 0.248. The average molecular weight is 348 g/mol. The molecule has 0 radical (unpaired) electrons. The van der Waals surface area contributed by atoms with Gasteiger partial charge in [0.1, 0.15) is 6.04 Å². The minimum Gasteiger partial charge on any atom is -0.480 e. The van der Waals surface area contributed by atoms with E-state index in [0.717, 1.165) is 10.0 Å². The number of carboxylic acids is 1. The molecule has 0 aliphatic carbocycles. The smallest absolute Gasteiger partial charge is 0.326 e. The number of halogens is 1. The molecule has 2 aromatic rings. The molecule has 21 heavy (non-hydrogen) atoms. The fourth-order valence-electron chi connectivity index (χ4n) is 1.89. The van der Waals surface area contributed by atoms with Gasteiger partial charge in [0.25, 0.3) is 5.91 Å². The number of carbonyl (C=O) groups excluding carboxylic acids is 1. The van der Waals surface area contributed by atoms with Crippen molar-refractivity contribution >= 4 is 27.8 Å². The van der Waals surface area contributed by atoms with Gasteiger partial charge in [-0.25, -0.2) is 4.79 Å². The highest BCUT2D eigenvalue weighted by Crippen LogP contribution is 2.11. The van der Waals surface area contributed by atoms with E-state index >= 15 is 0 Å². The molecule has 108 valence electrons. The molecule has 1 amide bonds. The first-order chi connectivity index (χ1) is 10.1. The third-order valence-corrected chi connectivity index (χ3v) is 3.52. The maximum Gasteiger partial charge on any atom is 0.326 e. The first kappa shape index (κ1) is 15.3.